The van der Waals surface area contributed by atoms with E-state index in [-0.39, 0.29) is 30.0 Å². The summed E-state index contributed by atoms with van der Waals surface area (Å²) in [5.41, 5.74) is 0. The lowest BCUT2D eigenvalue weighted by molar-refractivity contribution is -0.121. The third-order valence-corrected chi connectivity index (χ3v) is 4.87. The van der Waals surface area contributed by atoms with Crippen LogP contribution in [-0.2, 0) is 14.6 Å². The highest BCUT2D eigenvalue weighted by atomic mass is 32.2. The molecule has 0 radical (unpaired) electrons. The molecule has 0 aromatic heterocycles. The van der Waals surface area contributed by atoms with Crippen LogP contribution in [0, 0.1) is 0 Å². The maximum Gasteiger partial charge on any atom is 0.234 e. The van der Waals surface area contributed by atoms with Gasteiger partial charge in [-0.25, -0.2) is 8.42 Å². The minimum atomic E-state index is -2.95. The van der Waals surface area contributed by atoms with Crippen molar-refractivity contribution in [1.82, 2.24) is 10.6 Å². The van der Waals surface area contributed by atoms with Crippen LogP contribution in [0.2, 0.25) is 0 Å². The Hall–Kier alpha value is -0.620. The van der Waals surface area contributed by atoms with Crippen LogP contribution in [0.25, 0.3) is 0 Å². The van der Waals surface area contributed by atoms with Crippen molar-refractivity contribution in [3.8, 4) is 0 Å². The van der Waals surface area contributed by atoms with Gasteiger partial charge in [0.1, 0.15) is 0 Å². The van der Waals surface area contributed by atoms with E-state index in [2.05, 4.69) is 10.6 Å². The molecule has 1 aliphatic rings. The van der Waals surface area contributed by atoms with E-state index in [1.165, 1.54) is 0 Å². The van der Waals surface area contributed by atoms with Crippen molar-refractivity contribution < 1.29 is 13.2 Å². The third-order valence-electron chi connectivity index (χ3n) is 3.05. The van der Waals surface area contributed by atoms with Crippen LogP contribution >= 0.6 is 0 Å². The second-order valence-corrected chi connectivity index (χ2v) is 6.94. The topological polar surface area (TPSA) is 75.3 Å². The van der Waals surface area contributed by atoms with Gasteiger partial charge in [0.15, 0.2) is 9.84 Å². The highest BCUT2D eigenvalue weighted by Crippen LogP contribution is 2.11. The molecule has 0 aromatic rings. The largest absolute Gasteiger partial charge is 0.351 e. The molecule has 0 spiro atoms. The lowest BCUT2D eigenvalue weighted by Crippen LogP contribution is -2.47. The van der Waals surface area contributed by atoms with Gasteiger partial charge >= 0.3 is 0 Å². The normalized spacial score (nSPS) is 25.2. The lowest BCUT2D eigenvalue weighted by atomic mass is 10.2. The molecule has 6 heteroatoms. The number of rotatable bonds is 5. The van der Waals surface area contributed by atoms with E-state index in [4.69, 9.17) is 0 Å². The Kier molecular flexibility index (Phi) is 5.39. The summed E-state index contributed by atoms with van der Waals surface area (Å²) in [7, 11) is -2.95. The molecule has 1 amide bonds. The first kappa shape index (κ1) is 14.4. The van der Waals surface area contributed by atoms with Crippen LogP contribution in [0.4, 0.5) is 0 Å². The highest BCUT2D eigenvalue weighted by molar-refractivity contribution is 7.91. The number of hydrogen-bond acceptors (Lipinski definition) is 4. The average Bonchev–Trinajstić information content (AvgIpc) is 2.24. The van der Waals surface area contributed by atoms with Crippen molar-refractivity contribution in [2.24, 2.45) is 0 Å². The van der Waals surface area contributed by atoms with Crippen molar-refractivity contribution in [3.05, 3.63) is 0 Å². The summed E-state index contributed by atoms with van der Waals surface area (Å²) in [5, 5.41) is 5.85. The minimum absolute atomic E-state index is 0.0854. The van der Waals surface area contributed by atoms with E-state index in [9.17, 15) is 13.2 Å². The van der Waals surface area contributed by atoms with Crippen LogP contribution in [0.1, 0.15) is 33.1 Å². The molecule has 0 saturated carbocycles. The predicted molar refractivity (Wildman–Crippen MR) is 67.6 cm³/mol. The molecular formula is C11H22N2O3S. The van der Waals surface area contributed by atoms with E-state index in [1.807, 2.05) is 13.8 Å². The second-order valence-electron chi connectivity index (χ2n) is 4.71. The molecule has 1 fully saturated rings. The number of amides is 1. The predicted octanol–water partition coefficient (Wildman–Crippen LogP) is 0.0679. The van der Waals surface area contributed by atoms with Gasteiger partial charge in [-0.15, -0.1) is 0 Å². The molecule has 1 heterocycles. The fraction of sp³-hybridized carbons (Fsp3) is 0.909. The molecule has 0 aliphatic carbocycles. The number of carbonyl (C=O) groups is 1. The first-order valence-electron chi connectivity index (χ1n) is 6.16. The zero-order valence-electron chi connectivity index (χ0n) is 10.5. The Morgan fingerprint density at radius 1 is 1.47 bits per heavy atom. The van der Waals surface area contributed by atoms with E-state index >= 15 is 0 Å². The van der Waals surface area contributed by atoms with Gasteiger partial charge in [0.2, 0.25) is 5.91 Å². The van der Waals surface area contributed by atoms with Gasteiger partial charge in [-0.1, -0.05) is 6.92 Å². The molecule has 1 saturated heterocycles. The van der Waals surface area contributed by atoms with Gasteiger partial charge in [-0.05, 0) is 26.2 Å². The summed E-state index contributed by atoms with van der Waals surface area (Å²) in [6.07, 6.45) is 2.37. The third kappa shape index (κ3) is 5.50. The maximum atomic E-state index is 11.6. The van der Waals surface area contributed by atoms with E-state index in [0.29, 0.717) is 12.5 Å². The van der Waals surface area contributed by atoms with Crippen molar-refractivity contribution in [2.45, 2.75) is 45.2 Å². The van der Waals surface area contributed by atoms with Crippen molar-refractivity contribution in [2.75, 3.05) is 18.1 Å². The summed E-state index contributed by atoms with van der Waals surface area (Å²) in [5.74, 6) is 0.222. The van der Waals surface area contributed by atoms with Gasteiger partial charge in [0.05, 0.1) is 18.1 Å². The second kappa shape index (κ2) is 6.35. The average molecular weight is 262 g/mol. The zero-order valence-corrected chi connectivity index (χ0v) is 11.3. The van der Waals surface area contributed by atoms with E-state index < -0.39 is 9.84 Å². The summed E-state index contributed by atoms with van der Waals surface area (Å²) < 4.78 is 22.8. The summed E-state index contributed by atoms with van der Waals surface area (Å²) in [6.45, 7) is 4.31. The quantitative estimate of drug-likeness (QED) is 0.735. The van der Waals surface area contributed by atoms with E-state index in [1.54, 1.807) is 0 Å². The molecule has 1 rings (SSSR count). The Morgan fingerprint density at radius 3 is 2.76 bits per heavy atom. The number of sulfone groups is 1. The maximum absolute atomic E-state index is 11.6. The van der Waals surface area contributed by atoms with Crippen molar-refractivity contribution >= 4 is 15.7 Å². The molecule has 5 nitrogen and oxygen atoms in total. The van der Waals surface area contributed by atoms with Crippen molar-refractivity contribution in [1.29, 1.82) is 0 Å². The Balaban J connectivity index is 2.31. The number of carbonyl (C=O) groups excluding carboxylic acids is 1. The fourth-order valence-electron chi connectivity index (χ4n) is 1.83. The lowest BCUT2D eigenvalue weighted by Gasteiger charge is -2.23. The Morgan fingerprint density at radius 2 is 2.18 bits per heavy atom. The number of hydrogen-bond donors (Lipinski definition) is 2. The fourth-order valence-corrected chi connectivity index (χ4v) is 3.46. The molecule has 17 heavy (non-hydrogen) atoms. The van der Waals surface area contributed by atoms with Crippen LogP contribution in [0.5, 0.6) is 0 Å². The molecule has 1 aliphatic heterocycles. The van der Waals surface area contributed by atoms with Gasteiger partial charge in [0.25, 0.3) is 0 Å². The van der Waals surface area contributed by atoms with Crippen LogP contribution in [-0.4, -0.2) is 44.5 Å². The van der Waals surface area contributed by atoms with E-state index in [0.717, 1.165) is 12.8 Å². The highest BCUT2D eigenvalue weighted by Gasteiger charge is 2.25. The number of nitrogens with one attached hydrogen (secondary N) is 2. The minimum Gasteiger partial charge on any atom is -0.351 e. The SMILES string of the molecule is CCC(C)NCC(=O)NC1CCCS(=O)(=O)C1. The van der Waals surface area contributed by atoms with Gasteiger partial charge in [-0.2, -0.15) is 0 Å². The van der Waals surface area contributed by atoms with Crippen LogP contribution in [0.15, 0.2) is 0 Å². The molecule has 100 valence electrons. The van der Waals surface area contributed by atoms with Crippen molar-refractivity contribution in [3.63, 3.8) is 0 Å². The first-order valence-corrected chi connectivity index (χ1v) is 7.98. The monoisotopic (exact) mass is 262 g/mol. The van der Waals surface area contributed by atoms with Gasteiger partial charge < -0.3 is 10.6 Å². The summed E-state index contributed by atoms with van der Waals surface area (Å²) >= 11 is 0. The smallest absolute Gasteiger partial charge is 0.234 e. The molecule has 2 atom stereocenters. The molecule has 0 aromatic carbocycles. The van der Waals surface area contributed by atoms with Gasteiger partial charge in [0, 0.05) is 12.1 Å². The molecule has 0 bridgehead atoms. The Labute approximate surface area is 103 Å². The summed E-state index contributed by atoms with van der Waals surface area (Å²) in [4.78, 5) is 11.6. The molecular weight excluding hydrogens is 240 g/mol. The molecule has 2 unspecified atom stereocenters. The molecule has 2 N–H and O–H groups in total. The van der Waals surface area contributed by atoms with Crippen LogP contribution < -0.4 is 10.6 Å². The Bertz CT molecular complexity index is 354. The van der Waals surface area contributed by atoms with Crippen LogP contribution in [0.3, 0.4) is 0 Å². The van der Waals surface area contributed by atoms with Gasteiger partial charge in [-0.3, -0.25) is 4.79 Å². The first-order chi connectivity index (χ1) is 7.93. The summed E-state index contributed by atoms with van der Waals surface area (Å²) in [6, 6.07) is 0.0934. The zero-order chi connectivity index (χ0) is 12.9. The standard InChI is InChI=1S/C11H22N2O3S/c1-3-9(2)12-7-11(14)13-10-5-4-6-17(15,16)8-10/h9-10,12H,3-8H2,1-2H3,(H,13,14).